The summed E-state index contributed by atoms with van der Waals surface area (Å²) < 4.78 is 0. The molecule has 1 aliphatic rings. The minimum Gasteiger partial charge on any atom is -0.501 e. The highest BCUT2D eigenvalue weighted by atomic mass is 31.2. The van der Waals surface area contributed by atoms with Gasteiger partial charge in [0.2, 0.25) is 23.1 Å². The molecule has 4 nitrogen and oxygen atoms in total. The lowest BCUT2D eigenvalue weighted by molar-refractivity contribution is -0.120. The highest BCUT2D eigenvalue weighted by Gasteiger charge is 2.44. The molecule has 0 amide bonds. The van der Waals surface area contributed by atoms with Crippen molar-refractivity contribution >= 4 is 34.7 Å². The van der Waals surface area contributed by atoms with Crippen LogP contribution in [0.2, 0.25) is 0 Å². The van der Waals surface area contributed by atoms with Crippen LogP contribution in [0.1, 0.15) is 64.7 Å². The molecular formula is C35H40O4P+. The van der Waals surface area contributed by atoms with Crippen molar-refractivity contribution in [2.45, 2.75) is 64.7 Å². The molecule has 0 unspecified atom stereocenters. The van der Waals surface area contributed by atoms with E-state index in [1.807, 2.05) is 0 Å². The van der Waals surface area contributed by atoms with Gasteiger partial charge < -0.3 is 10.2 Å². The first-order valence-electron chi connectivity index (χ1n) is 14.4. The molecule has 1 aliphatic carbocycles. The standard InChI is InChI=1S/C35H39O4P/c1-27-31(33(37)35(39)34(38)32(27)36)25-17-6-4-2-3-5-7-18-26-40(28-19-11-8-12-20-28,29-21-13-9-14-22-29)30-23-15-10-16-24-30/h8-16,19-24H,2-7,17-18,25-26H2,1H3,(H-,36,37,38,39)/p+1. The molecule has 0 heterocycles. The summed E-state index contributed by atoms with van der Waals surface area (Å²) >= 11 is 0. The first-order valence-corrected chi connectivity index (χ1v) is 16.4. The number of unbranched alkanes of at least 4 members (excludes halogenated alkanes) is 7. The Kier molecular flexibility index (Phi) is 10.5. The molecule has 2 N–H and O–H groups in total. The number of carbonyl (C=O) groups is 2. The lowest BCUT2D eigenvalue weighted by atomic mass is 9.89. The van der Waals surface area contributed by atoms with Crippen LogP contribution in [0.4, 0.5) is 0 Å². The molecule has 0 radical (unpaired) electrons. The normalized spacial score (nSPS) is 14.2. The molecule has 0 aromatic heterocycles. The summed E-state index contributed by atoms with van der Waals surface area (Å²) in [6, 6.07) is 33.1. The van der Waals surface area contributed by atoms with E-state index in [2.05, 4.69) is 91.0 Å². The molecular weight excluding hydrogens is 515 g/mol. The van der Waals surface area contributed by atoms with Gasteiger partial charge >= 0.3 is 0 Å². The predicted molar refractivity (Wildman–Crippen MR) is 167 cm³/mol. The molecule has 4 rings (SSSR count). The summed E-state index contributed by atoms with van der Waals surface area (Å²) in [7, 11) is -1.75. The zero-order chi connectivity index (χ0) is 28.4. The molecule has 0 saturated heterocycles. The number of ketones is 2. The van der Waals surface area contributed by atoms with Gasteiger partial charge in [0.15, 0.2) is 0 Å². The third kappa shape index (κ3) is 6.62. The average molecular weight is 556 g/mol. The largest absolute Gasteiger partial charge is 0.501 e. The molecule has 208 valence electrons. The van der Waals surface area contributed by atoms with E-state index in [9.17, 15) is 19.8 Å². The number of aliphatic hydroxyl groups excluding tert-OH is 2. The van der Waals surface area contributed by atoms with Gasteiger partial charge in [0, 0.05) is 11.1 Å². The highest BCUT2D eigenvalue weighted by molar-refractivity contribution is 7.95. The number of allylic oxidation sites excluding steroid dienone is 2. The van der Waals surface area contributed by atoms with Crippen LogP contribution in [0.3, 0.4) is 0 Å². The van der Waals surface area contributed by atoms with Gasteiger partial charge in [-0.3, -0.25) is 9.59 Å². The van der Waals surface area contributed by atoms with E-state index in [-0.39, 0.29) is 5.57 Å². The van der Waals surface area contributed by atoms with Crippen molar-refractivity contribution < 1.29 is 19.8 Å². The second kappa shape index (κ2) is 14.2. The first kappa shape index (κ1) is 29.5. The number of Topliss-reactive ketones (excluding diaryl/α,β-unsaturated/α-hetero) is 2. The molecule has 0 bridgehead atoms. The Labute approximate surface area is 238 Å². The van der Waals surface area contributed by atoms with Crippen LogP contribution in [0.5, 0.6) is 0 Å². The maximum absolute atomic E-state index is 12.2. The number of benzene rings is 3. The van der Waals surface area contributed by atoms with Crippen LogP contribution in [0.15, 0.2) is 114 Å². The molecule has 0 fully saturated rings. The Hall–Kier alpha value is -3.49. The molecule has 0 spiro atoms. The minimum atomic E-state index is -1.75. The Morgan fingerprint density at radius 2 is 0.900 bits per heavy atom. The molecule has 3 aromatic rings. The van der Waals surface area contributed by atoms with Crippen LogP contribution in [-0.4, -0.2) is 27.9 Å². The summed E-state index contributed by atoms with van der Waals surface area (Å²) in [5.41, 5.74) is 0.586. The van der Waals surface area contributed by atoms with Gasteiger partial charge in [-0.25, -0.2) is 0 Å². The third-order valence-corrected chi connectivity index (χ3v) is 12.5. The maximum atomic E-state index is 12.2. The van der Waals surface area contributed by atoms with Crippen LogP contribution in [0, 0.1) is 0 Å². The fourth-order valence-electron chi connectivity index (χ4n) is 5.74. The van der Waals surface area contributed by atoms with Gasteiger partial charge in [-0.1, -0.05) is 86.7 Å². The van der Waals surface area contributed by atoms with Crippen molar-refractivity contribution in [1.82, 2.24) is 0 Å². The maximum Gasteiger partial charge on any atom is 0.227 e. The monoisotopic (exact) mass is 555 g/mol. The van der Waals surface area contributed by atoms with Crippen molar-refractivity contribution in [2.24, 2.45) is 0 Å². The Morgan fingerprint density at radius 1 is 0.525 bits per heavy atom. The number of aliphatic hydroxyl groups is 2. The van der Waals surface area contributed by atoms with Gasteiger partial charge in [-0.2, -0.15) is 0 Å². The van der Waals surface area contributed by atoms with Crippen LogP contribution < -0.4 is 15.9 Å². The Balaban J connectivity index is 1.27. The quantitative estimate of drug-likeness (QED) is 0.124. The van der Waals surface area contributed by atoms with E-state index >= 15 is 0 Å². The smallest absolute Gasteiger partial charge is 0.227 e. The van der Waals surface area contributed by atoms with Crippen LogP contribution in [0.25, 0.3) is 0 Å². The SMILES string of the molecule is CC1=C(CCCCCCCCCC[P+](c2ccccc2)(c2ccccc2)c2ccccc2)C(=O)C(O)=C(O)C1=O. The van der Waals surface area contributed by atoms with E-state index in [4.69, 9.17) is 0 Å². The second-order valence-electron chi connectivity index (χ2n) is 10.6. The first-order chi connectivity index (χ1) is 19.5. The molecule has 5 heteroatoms. The Morgan fingerprint density at radius 3 is 1.35 bits per heavy atom. The van der Waals surface area contributed by atoms with Crippen molar-refractivity contribution in [3.8, 4) is 0 Å². The summed E-state index contributed by atoms with van der Waals surface area (Å²) in [6.45, 7) is 1.54. The molecule has 3 aromatic carbocycles. The predicted octanol–water partition coefficient (Wildman–Crippen LogP) is 7.29. The summed E-state index contributed by atoms with van der Waals surface area (Å²) in [6.07, 6.45) is 10.4. The number of hydrogen-bond donors (Lipinski definition) is 2. The van der Waals surface area contributed by atoms with Gasteiger partial charge in [0.05, 0.1) is 6.16 Å². The summed E-state index contributed by atoms with van der Waals surface area (Å²) in [5, 5.41) is 23.6. The lowest BCUT2D eigenvalue weighted by Crippen LogP contribution is -2.33. The van der Waals surface area contributed by atoms with Crippen molar-refractivity contribution in [1.29, 1.82) is 0 Å². The van der Waals surface area contributed by atoms with E-state index in [0.29, 0.717) is 12.0 Å². The van der Waals surface area contributed by atoms with E-state index in [1.54, 1.807) is 6.92 Å². The van der Waals surface area contributed by atoms with Gasteiger partial charge in [0.25, 0.3) is 0 Å². The van der Waals surface area contributed by atoms with Gasteiger partial charge in [-0.15, -0.1) is 0 Å². The number of carbonyl (C=O) groups excluding carboxylic acids is 2. The molecule has 0 saturated carbocycles. The van der Waals surface area contributed by atoms with E-state index < -0.39 is 30.3 Å². The third-order valence-electron chi connectivity index (χ3n) is 7.98. The van der Waals surface area contributed by atoms with Crippen molar-refractivity contribution in [3.05, 3.63) is 114 Å². The second-order valence-corrected chi connectivity index (χ2v) is 14.2. The Bertz CT molecular complexity index is 1250. The lowest BCUT2D eigenvalue weighted by Gasteiger charge is -2.27. The zero-order valence-corrected chi connectivity index (χ0v) is 24.3. The molecule has 40 heavy (non-hydrogen) atoms. The average Bonchev–Trinajstić information content (AvgIpc) is 3.01. The topological polar surface area (TPSA) is 74.6 Å². The summed E-state index contributed by atoms with van der Waals surface area (Å²) in [4.78, 5) is 24.2. The highest BCUT2D eigenvalue weighted by Crippen LogP contribution is 2.56. The molecule has 0 atom stereocenters. The van der Waals surface area contributed by atoms with Crippen molar-refractivity contribution in [3.63, 3.8) is 0 Å². The zero-order valence-electron chi connectivity index (χ0n) is 23.4. The molecule has 0 aliphatic heterocycles. The van der Waals surface area contributed by atoms with Crippen molar-refractivity contribution in [2.75, 3.05) is 6.16 Å². The summed E-state index contributed by atoms with van der Waals surface area (Å²) in [5.74, 6) is -2.91. The van der Waals surface area contributed by atoms with Gasteiger partial charge in [0.1, 0.15) is 23.2 Å². The fraction of sp³-hybridized carbons (Fsp3) is 0.314. The van der Waals surface area contributed by atoms with Gasteiger partial charge in [-0.05, 0) is 69.0 Å². The van der Waals surface area contributed by atoms with Crippen LogP contribution >= 0.6 is 7.26 Å². The minimum absolute atomic E-state index is 0.251. The van der Waals surface area contributed by atoms with E-state index in [0.717, 1.165) is 31.8 Å². The van der Waals surface area contributed by atoms with E-state index in [1.165, 1.54) is 41.6 Å². The number of rotatable bonds is 14. The number of hydrogen-bond acceptors (Lipinski definition) is 4. The van der Waals surface area contributed by atoms with Crippen LogP contribution in [-0.2, 0) is 9.59 Å². The fourth-order valence-corrected chi connectivity index (χ4v) is 10.1.